The van der Waals surface area contributed by atoms with Gasteiger partial charge in [0.25, 0.3) is 0 Å². The first-order valence-corrected chi connectivity index (χ1v) is 7.30. The van der Waals surface area contributed by atoms with Gasteiger partial charge in [-0.15, -0.1) is 5.10 Å². The maximum Gasteiger partial charge on any atom is 0.343 e. The van der Waals surface area contributed by atoms with Crippen molar-refractivity contribution >= 4 is 23.4 Å². The summed E-state index contributed by atoms with van der Waals surface area (Å²) in [5, 5.41) is 7.18. The van der Waals surface area contributed by atoms with E-state index in [1.54, 1.807) is 4.57 Å². The highest BCUT2D eigenvalue weighted by Crippen LogP contribution is 2.14. The highest BCUT2D eigenvalue weighted by molar-refractivity contribution is 7.99. The maximum absolute atomic E-state index is 11.7. The van der Waals surface area contributed by atoms with E-state index < -0.39 is 0 Å². The van der Waals surface area contributed by atoms with E-state index in [4.69, 9.17) is 11.6 Å². The molecular formula is C13H14ClN3OS. The van der Waals surface area contributed by atoms with Crippen LogP contribution in [0.2, 0.25) is 0 Å². The molecule has 19 heavy (non-hydrogen) atoms. The largest absolute Gasteiger partial charge is 0.343 e. The van der Waals surface area contributed by atoms with Crippen molar-refractivity contribution in [2.45, 2.75) is 18.1 Å². The van der Waals surface area contributed by atoms with E-state index >= 15 is 0 Å². The fourth-order valence-electron chi connectivity index (χ4n) is 1.66. The molecule has 2 aromatic rings. The summed E-state index contributed by atoms with van der Waals surface area (Å²) in [6, 6.07) is 10.1. The van der Waals surface area contributed by atoms with Crippen molar-refractivity contribution in [2.75, 3.05) is 5.75 Å². The third-order valence-electron chi connectivity index (χ3n) is 2.59. The van der Waals surface area contributed by atoms with Crippen molar-refractivity contribution < 1.29 is 0 Å². The predicted molar refractivity (Wildman–Crippen MR) is 78.7 cm³/mol. The number of nitrogens with one attached hydrogen (secondary N) is 1. The summed E-state index contributed by atoms with van der Waals surface area (Å²) in [7, 11) is 0. The lowest BCUT2D eigenvalue weighted by Gasteiger charge is -2.04. The number of thioether (sulfide) groups is 1. The summed E-state index contributed by atoms with van der Waals surface area (Å²) in [5.41, 5.74) is 2.49. The zero-order chi connectivity index (χ0) is 13.5. The summed E-state index contributed by atoms with van der Waals surface area (Å²) in [6.07, 6.45) is 2.62. The van der Waals surface area contributed by atoms with E-state index in [2.05, 4.69) is 10.2 Å². The number of halogens is 1. The van der Waals surface area contributed by atoms with Gasteiger partial charge < -0.3 is 0 Å². The van der Waals surface area contributed by atoms with Crippen LogP contribution in [-0.2, 0) is 13.0 Å². The minimum Gasteiger partial charge on any atom is -0.270 e. The van der Waals surface area contributed by atoms with Crippen LogP contribution in [0.4, 0.5) is 0 Å². The van der Waals surface area contributed by atoms with E-state index in [1.807, 2.05) is 36.4 Å². The van der Waals surface area contributed by atoms with Gasteiger partial charge in [-0.25, -0.2) is 9.89 Å². The fourth-order valence-corrected chi connectivity index (χ4v) is 2.63. The topological polar surface area (TPSA) is 50.7 Å². The molecule has 1 N–H and O–H groups in total. The number of rotatable bonds is 6. The summed E-state index contributed by atoms with van der Waals surface area (Å²) < 4.78 is 1.65. The molecule has 1 aromatic heterocycles. The Morgan fingerprint density at radius 2 is 2.16 bits per heavy atom. The van der Waals surface area contributed by atoms with Crippen LogP contribution in [0.15, 0.2) is 51.9 Å². The zero-order valence-electron chi connectivity index (χ0n) is 10.3. The lowest BCUT2D eigenvalue weighted by molar-refractivity contribution is 0.616. The first kappa shape index (κ1) is 14.0. The fraction of sp³-hybridized carbons (Fsp3) is 0.231. The third-order valence-corrected chi connectivity index (χ3v) is 3.70. The Kier molecular flexibility index (Phi) is 5.30. The lowest BCUT2D eigenvalue weighted by atomic mass is 10.1. The van der Waals surface area contributed by atoms with Crippen molar-refractivity contribution in [2.24, 2.45) is 0 Å². The first-order chi connectivity index (χ1) is 9.31. The van der Waals surface area contributed by atoms with Crippen LogP contribution in [0.5, 0.6) is 0 Å². The molecule has 0 atom stereocenters. The van der Waals surface area contributed by atoms with Gasteiger partial charge in [-0.05, 0) is 12.0 Å². The molecule has 1 aromatic carbocycles. The third kappa shape index (κ3) is 4.01. The summed E-state index contributed by atoms with van der Waals surface area (Å²) in [6.45, 7) is 0.617. The van der Waals surface area contributed by atoms with E-state index in [0.717, 1.165) is 6.42 Å². The van der Waals surface area contributed by atoms with Gasteiger partial charge in [-0.2, -0.15) is 0 Å². The van der Waals surface area contributed by atoms with Gasteiger partial charge in [-0.1, -0.05) is 59.8 Å². The number of aromatic amines is 1. The van der Waals surface area contributed by atoms with Crippen molar-refractivity contribution in [3.63, 3.8) is 0 Å². The molecule has 0 fully saturated rings. The number of benzene rings is 1. The Hall–Kier alpha value is -1.46. The zero-order valence-corrected chi connectivity index (χ0v) is 11.8. The van der Waals surface area contributed by atoms with Crippen LogP contribution in [0.25, 0.3) is 0 Å². The predicted octanol–water partition coefficient (Wildman–Crippen LogP) is 2.66. The molecule has 0 unspecified atom stereocenters. The monoisotopic (exact) mass is 295 g/mol. The van der Waals surface area contributed by atoms with Gasteiger partial charge in [0.05, 0.1) is 0 Å². The molecule has 4 nitrogen and oxygen atoms in total. The average Bonchev–Trinajstić information content (AvgIpc) is 2.79. The Bertz CT molecular complexity index is 591. The Morgan fingerprint density at radius 3 is 2.89 bits per heavy atom. The standard InChI is InChI=1S/C13H14ClN3OS/c14-8-4-10-19-13-16-15-12(18)17(13)9-7-11-5-2-1-3-6-11/h1-6,8H,7,9-10H2,(H,15,18)/b8-4+. The molecule has 0 saturated heterocycles. The molecule has 0 radical (unpaired) electrons. The summed E-state index contributed by atoms with van der Waals surface area (Å²) in [4.78, 5) is 11.7. The normalized spacial score (nSPS) is 11.2. The second-order valence-electron chi connectivity index (χ2n) is 3.87. The second kappa shape index (κ2) is 7.21. The number of hydrogen-bond donors (Lipinski definition) is 1. The number of aromatic nitrogens is 3. The minimum absolute atomic E-state index is 0.173. The number of H-pyrrole nitrogens is 1. The molecule has 0 aliphatic carbocycles. The van der Waals surface area contributed by atoms with E-state index in [0.29, 0.717) is 17.5 Å². The van der Waals surface area contributed by atoms with Gasteiger partial charge >= 0.3 is 5.69 Å². The second-order valence-corrected chi connectivity index (χ2v) is 5.11. The van der Waals surface area contributed by atoms with Crippen LogP contribution in [0.1, 0.15) is 5.56 Å². The van der Waals surface area contributed by atoms with Crippen LogP contribution in [-0.4, -0.2) is 20.5 Å². The summed E-state index contributed by atoms with van der Waals surface area (Å²) in [5.74, 6) is 0.694. The van der Waals surface area contributed by atoms with E-state index in [-0.39, 0.29) is 5.69 Å². The quantitative estimate of drug-likeness (QED) is 0.834. The van der Waals surface area contributed by atoms with Crippen molar-refractivity contribution in [1.82, 2.24) is 14.8 Å². The van der Waals surface area contributed by atoms with Crippen molar-refractivity contribution in [3.8, 4) is 0 Å². The van der Waals surface area contributed by atoms with Crippen molar-refractivity contribution in [3.05, 3.63) is 58.0 Å². The highest BCUT2D eigenvalue weighted by Gasteiger charge is 2.07. The molecule has 0 saturated carbocycles. The van der Waals surface area contributed by atoms with Crippen molar-refractivity contribution in [1.29, 1.82) is 0 Å². The molecule has 0 spiro atoms. The van der Waals surface area contributed by atoms with Gasteiger partial charge in [-0.3, -0.25) is 4.57 Å². The Balaban J connectivity index is 2.03. The van der Waals surface area contributed by atoms with Gasteiger partial charge in [0.1, 0.15) is 0 Å². The summed E-state index contributed by atoms with van der Waals surface area (Å²) >= 11 is 6.94. The molecule has 0 bridgehead atoms. The van der Waals surface area contributed by atoms with Crippen LogP contribution >= 0.6 is 23.4 Å². The van der Waals surface area contributed by atoms with Crippen LogP contribution in [0.3, 0.4) is 0 Å². The smallest absolute Gasteiger partial charge is 0.270 e. The molecule has 1 heterocycles. The highest BCUT2D eigenvalue weighted by atomic mass is 35.5. The number of aryl methyl sites for hydroxylation is 1. The number of nitrogens with zero attached hydrogens (tertiary/aromatic N) is 2. The molecule has 2 rings (SSSR count). The molecule has 100 valence electrons. The molecular weight excluding hydrogens is 282 g/mol. The van der Waals surface area contributed by atoms with Gasteiger partial charge in [0.15, 0.2) is 5.16 Å². The molecule has 6 heteroatoms. The number of hydrogen-bond acceptors (Lipinski definition) is 3. The average molecular weight is 296 g/mol. The Labute approximate surface area is 120 Å². The van der Waals surface area contributed by atoms with E-state index in [1.165, 1.54) is 22.9 Å². The van der Waals surface area contributed by atoms with Gasteiger partial charge in [0.2, 0.25) is 0 Å². The Morgan fingerprint density at radius 1 is 1.37 bits per heavy atom. The minimum atomic E-state index is -0.173. The lowest BCUT2D eigenvalue weighted by Crippen LogP contribution is -2.18. The van der Waals surface area contributed by atoms with E-state index in [9.17, 15) is 4.79 Å². The molecule has 0 aliphatic rings. The van der Waals surface area contributed by atoms with Crippen LogP contribution in [0, 0.1) is 0 Å². The van der Waals surface area contributed by atoms with Gasteiger partial charge in [0, 0.05) is 17.8 Å². The SMILES string of the molecule is O=c1[nH]nc(SC/C=C/Cl)n1CCc1ccccc1. The molecule has 0 amide bonds. The maximum atomic E-state index is 11.7. The first-order valence-electron chi connectivity index (χ1n) is 5.88. The van der Waals surface area contributed by atoms with Crippen LogP contribution < -0.4 is 5.69 Å². The molecule has 0 aliphatic heterocycles.